The van der Waals surface area contributed by atoms with E-state index in [1.807, 2.05) is 0 Å². The van der Waals surface area contributed by atoms with E-state index in [1.54, 1.807) is 13.0 Å². The van der Waals surface area contributed by atoms with Crippen LogP contribution in [0.1, 0.15) is 5.69 Å². The van der Waals surface area contributed by atoms with Gasteiger partial charge in [0, 0.05) is 17.4 Å². The number of carbonyl (C=O) groups is 1. The predicted octanol–water partition coefficient (Wildman–Crippen LogP) is 1.26. The van der Waals surface area contributed by atoms with Crippen LogP contribution in [0.2, 0.25) is 0 Å². The Kier molecular flexibility index (Phi) is 3.98. The molecule has 0 aliphatic rings. The van der Waals surface area contributed by atoms with Gasteiger partial charge in [-0.2, -0.15) is 0 Å². The van der Waals surface area contributed by atoms with Gasteiger partial charge >= 0.3 is 11.7 Å². The van der Waals surface area contributed by atoms with E-state index in [0.29, 0.717) is 17.0 Å². The molecule has 0 radical (unpaired) electrons. The molecule has 8 nitrogen and oxygen atoms in total. The van der Waals surface area contributed by atoms with Crippen molar-refractivity contribution in [2.75, 3.05) is 12.4 Å². The fourth-order valence-electron chi connectivity index (χ4n) is 2.19. The summed E-state index contributed by atoms with van der Waals surface area (Å²) in [5.41, 5.74) is 0.985. The number of esters is 1. The number of anilines is 2. The highest BCUT2D eigenvalue weighted by Crippen LogP contribution is 2.16. The molecule has 0 aliphatic carbocycles. The molecule has 3 aromatic rings. The summed E-state index contributed by atoms with van der Waals surface area (Å²) in [4.78, 5) is 28.1. The van der Waals surface area contributed by atoms with Gasteiger partial charge in [-0.15, -0.1) is 5.10 Å². The molecule has 0 saturated carbocycles. The van der Waals surface area contributed by atoms with E-state index in [4.69, 9.17) is 0 Å². The van der Waals surface area contributed by atoms with Crippen molar-refractivity contribution in [2.45, 2.75) is 13.5 Å². The maximum Gasteiger partial charge on any atom is 0.353 e. The van der Waals surface area contributed by atoms with Crippen LogP contribution in [0.4, 0.5) is 16.0 Å². The number of ether oxygens (including phenoxy) is 1. The number of hydrogen-bond acceptors (Lipinski definition) is 6. The highest BCUT2D eigenvalue weighted by Gasteiger charge is 2.15. The third-order valence-corrected chi connectivity index (χ3v) is 3.30. The molecule has 0 unspecified atom stereocenters. The second-order valence-corrected chi connectivity index (χ2v) is 5.06. The van der Waals surface area contributed by atoms with Crippen molar-refractivity contribution in [2.24, 2.45) is 0 Å². The van der Waals surface area contributed by atoms with Crippen LogP contribution < -0.4 is 11.0 Å². The molecule has 124 valence electrons. The molecule has 2 heterocycles. The topological polar surface area (TPSA) is 90.5 Å². The van der Waals surface area contributed by atoms with E-state index in [9.17, 15) is 14.0 Å². The van der Waals surface area contributed by atoms with Crippen LogP contribution in [-0.2, 0) is 16.1 Å². The molecular formula is C15H14FN5O3. The largest absolute Gasteiger partial charge is 0.468 e. The molecule has 0 bridgehead atoms. The highest BCUT2D eigenvalue weighted by atomic mass is 19.1. The summed E-state index contributed by atoms with van der Waals surface area (Å²) in [5, 5.41) is 7.06. The van der Waals surface area contributed by atoms with Gasteiger partial charge in [-0.1, -0.05) is 0 Å². The molecule has 2 aromatic heterocycles. The van der Waals surface area contributed by atoms with Crippen molar-refractivity contribution in [1.82, 2.24) is 19.2 Å². The lowest BCUT2D eigenvalue weighted by Crippen LogP contribution is -2.26. The minimum atomic E-state index is -0.585. The fraction of sp³-hybridized carbons (Fsp3) is 0.200. The van der Waals surface area contributed by atoms with Gasteiger partial charge in [0.25, 0.3) is 0 Å². The summed E-state index contributed by atoms with van der Waals surface area (Å²) in [7, 11) is 1.23. The Balaban J connectivity index is 2.08. The van der Waals surface area contributed by atoms with Crippen LogP contribution in [-0.4, -0.2) is 32.2 Å². The minimum Gasteiger partial charge on any atom is -0.468 e. The number of aryl methyl sites for hydroxylation is 1. The Morgan fingerprint density at radius 1 is 1.33 bits per heavy atom. The second kappa shape index (κ2) is 6.11. The number of carbonyl (C=O) groups excluding carboxylic acids is 1. The van der Waals surface area contributed by atoms with E-state index in [2.05, 4.69) is 20.1 Å². The van der Waals surface area contributed by atoms with Gasteiger partial charge in [0.05, 0.1) is 7.11 Å². The smallest absolute Gasteiger partial charge is 0.353 e. The summed E-state index contributed by atoms with van der Waals surface area (Å²) in [5.74, 6) is -0.734. The number of hydrogen-bond donors (Lipinski definition) is 1. The molecule has 9 heteroatoms. The van der Waals surface area contributed by atoms with E-state index in [0.717, 1.165) is 4.68 Å². The van der Waals surface area contributed by atoms with Crippen LogP contribution in [0.3, 0.4) is 0 Å². The van der Waals surface area contributed by atoms with E-state index < -0.39 is 11.7 Å². The summed E-state index contributed by atoms with van der Waals surface area (Å²) in [6.07, 6.45) is 0. The lowest BCUT2D eigenvalue weighted by Gasteiger charge is -2.07. The second-order valence-electron chi connectivity index (χ2n) is 5.06. The maximum atomic E-state index is 13.0. The van der Waals surface area contributed by atoms with Gasteiger partial charge in [0.1, 0.15) is 12.4 Å². The first-order chi connectivity index (χ1) is 11.5. The Hall–Kier alpha value is -3.23. The van der Waals surface area contributed by atoms with Crippen LogP contribution in [0, 0.1) is 12.7 Å². The molecule has 0 atom stereocenters. The number of nitrogens with zero attached hydrogens (tertiary/aromatic N) is 4. The fourth-order valence-corrected chi connectivity index (χ4v) is 2.19. The quantitative estimate of drug-likeness (QED) is 0.724. The summed E-state index contributed by atoms with van der Waals surface area (Å²) < 4.78 is 19.8. The normalized spacial score (nSPS) is 10.8. The minimum absolute atomic E-state index is 0.220. The number of aromatic nitrogens is 4. The third kappa shape index (κ3) is 2.96. The monoisotopic (exact) mass is 331 g/mol. The molecule has 0 spiro atoms. The maximum absolute atomic E-state index is 13.0. The van der Waals surface area contributed by atoms with Crippen LogP contribution >= 0.6 is 0 Å². The zero-order valence-electron chi connectivity index (χ0n) is 13.0. The average molecular weight is 331 g/mol. The van der Waals surface area contributed by atoms with Crippen molar-refractivity contribution < 1.29 is 13.9 Å². The molecule has 24 heavy (non-hydrogen) atoms. The number of fused-ring (bicyclic) bond motifs is 1. The first-order valence-electron chi connectivity index (χ1n) is 7.04. The number of methoxy groups -OCH3 is 1. The van der Waals surface area contributed by atoms with Gasteiger partial charge in [0.2, 0.25) is 5.95 Å². The van der Waals surface area contributed by atoms with Crippen molar-refractivity contribution in [3.63, 3.8) is 0 Å². The molecule has 0 amide bonds. The van der Waals surface area contributed by atoms with E-state index in [-0.39, 0.29) is 18.3 Å². The van der Waals surface area contributed by atoms with Gasteiger partial charge in [-0.25, -0.2) is 23.3 Å². The van der Waals surface area contributed by atoms with Crippen molar-refractivity contribution in [1.29, 1.82) is 0 Å². The molecule has 0 saturated heterocycles. The molecular weight excluding hydrogens is 317 g/mol. The standard InChI is InChI=1S/C15H14FN5O3/c1-9-7-12-19-20(8-13(22)24-2)15(23)21(12)14(17-9)18-11-5-3-10(16)4-6-11/h3-7H,8H2,1-2H3,(H,17,18). The Labute approximate surface area is 135 Å². The number of nitrogens with one attached hydrogen (secondary N) is 1. The zero-order valence-corrected chi connectivity index (χ0v) is 13.0. The summed E-state index contributed by atoms with van der Waals surface area (Å²) >= 11 is 0. The Morgan fingerprint density at radius 2 is 2.04 bits per heavy atom. The lowest BCUT2D eigenvalue weighted by molar-refractivity contribution is -0.141. The first kappa shape index (κ1) is 15.7. The molecule has 1 aromatic carbocycles. The molecule has 0 fully saturated rings. The van der Waals surface area contributed by atoms with Gasteiger partial charge in [-0.3, -0.25) is 4.79 Å². The SMILES string of the molecule is COC(=O)Cn1nc2cc(C)nc(Nc3ccc(F)cc3)n2c1=O. The molecule has 1 N–H and O–H groups in total. The highest BCUT2D eigenvalue weighted by molar-refractivity contribution is 5.69. The van der Waals surface area contributed by atoms with E-state index >= 15 is 0 Å². The zero-order chi connectivity index (χ0) is 17.3. The Morgan fingerprint density at radius 3 is 2.71 bits per heavy atom. The van der Waals surface area contributed by atoms with Crippen molar-refractivity contribution in [3.05, 3.63) is 52.3 Å². The lowest BCUT2D eigenvalue weighted by atomic mass is 10.3. The molecule has 3 rings (SSSR count). The Bertz CT molecular complexity index is 962. The third-order valence-electron chi connectivity index (χ3n) is 3.30. The van der Waals surface area contributed by atoms with Crippen molar-refractivity contribution >= 4 is 23.3 Å². The summed E-state index contributed by atoms with van der Waals surface area (Å²) in [6.45, 7) is 1.45. The number of benzene rings is 1. The van der Waals surface area contributed by atoms with E-state index in [1.165, 1.54) is 35.8 Å². The van der Waals surface area contributed by atoms with Gasteiger partial charge in [-0.05, 0) is 31.2 Å². The molecule has 0 aliphatic heterocycles. The average Bonchev–Trinajstić information content (AvgIpc) is 2.85. The van der Waals surface area contributed by atoms with Crippen LogP contribution in [0.5, 0.6) is 0 Å². The summed E-state index contributed by atoms with van der Waals surface area (Å²) in [6, 6.07) is 7.24. The number of rotatable bonds is 4. The van der Waals surface area contributed by atoms with Crippen molar-refractivity contribution in [3.8, 4) is 0 Å². The number of halogens is 1. The predicted molar refractivity (Wildman–Crippen MR) is 83.7 cm³/mol. The van der Waals surface area contributed by atoms with Gasteiger partial charge in [0.15, 0.2) is 5.65 Å². The van der Waals surface area contributed by atoms with Crippen LogP contribution in [0.15, 0.2) is 35.1 Å². The van der Waals surface area contributed by atoms with Gasteiger partial charge < -0.3 is 10.1 Å². The first-order valence-corrected chi connectivity index (χ1v) is 7.04. The van der Waals surface area contributed by atoms with Crippen LogP contribution in [0.25, 0.3) is 5.65 Å².